The molecule has 0 saturated carbocycles. The minimum atomic E-state index is -0.279. The number of anilines is 2. The first kappa shape index (κ1) is 17.8. The summed E-state index contributed by atoms with van der Waals surface area (Å²) in [6, 6.07) is 12.3. The third-order valence-electron chi connectivity index (χ3n) is 4.46. The van der Waals surface area contributed by atoms with E-state index in [1.54, 1.807) is 42.5 Å². The lowest BCUT2D eigenvalue weighted by Gasteiger charge is -2.11. The molecule has 5 rings (SSSR count). The van der Waals surface area contributed by atoms with Gasteiger partial charge < -0.3 is 4.42 Å². The van der Waals surface area contributed by atoms with Gasteiger partial charge in [0.1, 0.15) is 10.5 Å². The number of rotatable bonds is 5. The zero-order valence-electron chi connectivity index (χ0n) is 14.8. The fourth-order valence-electron chi connectivity index (χ4n) is 3.10. The van der Waals surface area contributed by atoms with Crippen molar-refractivity contribution in [2.75, 3.05) is 11.9 Å². The predicted octanol–water partition coefficient (Wildman–Crippen LogP) is 3.92. The summed E-state index contributed by atoms with van der Waals surface area (Å²) < 4.78 is 5.60. The average Bonchev–Trinajstić information content (AvgIpc) is 3.39. The quantitative estimate of drug-likeness (QED) is 0.483. The van der Waals surface area contributed by atoms with E-state index in [2.05, 4.69) is 20.5 Å². The summed E-state index contributed by atoms with van der Waals surface area (Å²) in [7, 11) is 0. The highest BCUT2D eigenvalue weighted by Crippen LogP contribution is 2.27. The lowest BCUT2D eigenvalue weighted by molar-refractivity contribution is 0.0656. The Kier molecular flexibility index (Phi) is 4.26. The molecule has 0 saturated heterocycles. The topological polar surface area (TPSA) is 101 Å². The van der Waals surface area contributed by atoms with Crippen LogP contribution >= 0.6 is 22.9 Å². The lowest BCUT2D eigenvalue weighted by Crippen LogP contribution is -2.31. The first-order valence-electron chi connectivity index (χ1n) is 8.69. The molecule has 1 aliphatic heterocycles. The molecule has 0 atom stereocenters. The number of imide groups is 1. The molecule has 0 spiro atoms. The molecule has 4 aromatic rings. The number of hydrogen-bond acceptors (Lipinski definition) is 8. The molecule has 8 nitrogen and oxygen atoms in total. The molecule has 1 aliphatic rings. The number of oxazole rings is 1. The highest BCUT2D eigenvalue weighted by Gasteiger charge is 2.34. The van der Waals surface area contributed by atoms with E-state index in [1.807, 2.05) is 0 Å². The molecule has 3 heterocycles. The molecule has 0 bridgehead atoms. The SMILES string of the molecule is O=C1c2ccccc2C(=O)N1CCc1nnc(Nc2nc3cc(Cl)ccc3o2)s1. The van der Waals surface area contributed by atoms with Crippen LogP contribution in [0, 0.1) is 0 Å². The number of amides is 2. The Morgan fingerprint density at radius 2 is 1.83 bits per heavy atom. The largest absolute Gasteiger partial charge is 0.423 e. The summed E-state index contributed by atoms with van der Waals surface area (Å²) in [5, 5.41) is 12.9. The molecule has 2 aromatic heterocycles. The maximum absolute atomic E-state index is 12.4. The molecule has 0 radical (unpaired) electrons. The summed E-state index contributed by atoms with van der Waals surface area (Å²) in [6.07, 6.45) is 0.411. The Balaban J connectivity index is 1.26. The number of nitrogens with zero attached hydrogens (tertiary/aromatic N) is 4. The van der Waals surface area contributed by atoms with Crippen LogP contribution in [-0.2, 0) is 6.42 Å². The lowest BCUT2D eigenvalue weighted by atomic mass is 10.1. The van der Waals surface area contributed by atoms with Crippen molar-refractivity contribution in [3.8, 4) is 0 Å². The van der Waals surface area contributed by atoms with E-state index >= 15 is 0 Å². The van der Waals surface area contributed by atoms with Crippen LogP contribution < -0.4 is 5.32 Å². The molecular formula is C19H12ClN5O3S. The number of carbonyl (C=O) groups excluding carboxylic acids is 2. The van der Waals surface area contributed by atoms with Gasteiger partial charge in [0.15, 0.2) is 5.58 Å². The Morgan fingerprint density at radius 1 is 1.07 bits per heavy atom. The van der Waals surface area contributed by atoms with E-state index in [1.165, 1.54) is 16.2 Å². The second-order valence-electron chi connectivity index (χ2n) is 6.31. The molecule has 0 unspecified atom stereocenters. The Morgan fingerprint density at radius 3 is 2.59 bits per heavy atom. The van der Waals surface area contributed by atoms with Crippen LogP contribution in [0.2, 0.25) is 5.02 Å². The zero-order valence-corrected chi connectivity index (χ0v) is 16.3. The van der Waals surface area contributed by atoms with Crippen molar-refractivity contribution in [2.45, 2.75) is 6.42 Å². The monoisotopic (exact) mass is 425 g/mol. The molecule has 0 fully saturated rings. The number of aromatic nitrogens is 3. The fourth-order valence-corrected chi connectivity index (χ4v) is 3.98. The first-order chi connectivity index (χ1) is 14.1. The van der Waals surface area contributed by atoms with Crippen molar-refractivity contribution in [1.82, 2.24) is 20.1 Å². The predicted molar refractivity (Wildman–Crippen MR) is 108 cm³/mol. The zero-order chi connectivity index (χ0) is 20.0. The van der Waals surface area contributed by atoms with Gasteiger partial charge in [-0.1, -0.05) is 35.1 Å². The summed E-state index contributed by atoms with van der Waals surface area (Å²) in [4.78, 5) is 30.4. The van der Waals surface area contributed by atoms with Crippen LogP contribution in [0.5, 0.6) is 0 Å². The maximum atomic E-state index is 12.4. The molecule has 0 aliphatic carbocycles. The summed E-state index contributed by atoms with van der Waals surface area (Å²) >= 11 is 7.26. The number of carbonyl (C=O) groups is 2. The highest BCUT2D eigenvalue weighted by molar-refractivity contribution is 7.15. The molecule has 2 amide bonds. The maximum Gasteiger partial charge on any atom is 0.302 e. The van der Waals surface area contributed by atoms with E-state index in [4.69, 9.17) is 16.0 Å². The van der Waals surface area contributed by atoms with Gasteiger partial charge in [-0.25, -0.2) is 0 Å². The van der Waals surface area contributed by atoms with Gasteiger partial charge in [-0.3, -0.25) is 19.8 Å². The smallest absolute Gasteiger partial charge is 0.302 e. The van der Waals surface area contributed by atoms with E-state index in [-0.39, 0.29) is 24.4 Å². The van der Waals surface area contributed by atoms with Gasteiger partial charge in [-0.2, -0.15) is 4.98 Å². The van der Waals surface area contributed by atoms with Crippen molar-refractivity contribution < 1.29 is 14.0 Å². The van der Waals surface area contributed by atoms with Crippen LogP contribution in [0.1, 0.15) is 25.7 Å². The van der Waals surface area contributed by atoms with Crippen LogP contribution in [0.15, 0.2) is 46.9 Å². The third kappa shape index (κ3) is 3.24. The second-order valence-corrected chi connectivity index (χ2v) is 7.81. The van der Waals surface area contributed by atoms with Crippen molar-refractivity contribution in [2.24, 2.45) is 0 Å². The number of fused-ring (bicyclic) bond motifs is 2. The van der Waals surface area contributed by atoms with Crippen molar-refractivity contribution in [1.29, 1.82) is 0 Å². The standard InChI is InChI=1S/C19H12ClN5O3S/c20-10-5-6-14-13(9-10)21-18(28-14)22-19-24-23-15(29-19)7-8-25-16(26)11-3-1-2-4-12(11)17(25)27/h1-6,9H,7-8H2,(H,21,22,24). The normalized spacial score (nSPS) is 13.3. The fraction of sp³-hybridized carbons (Fsp3) is 0.105. The summed E-state index contributed by atoms with van der Waals surface area (Å²) in [6.45, 7) is 0.238. The van der Waals surface area contributed by atoms with E-state index in [0.29, 0.717) is 43.8 Å². The Hall–Kier alpha value is -3.30. The second kappa shape index (κ2) is 6.94. The summed E-state index contributed by atoms with van der Waals surface area (Å²) in [5.74, 6) is -0.558. The molecule has 2 aromatic carbocycles. The van der Waals surface area contributed by atoms with Gasteiger partial charge in [0.25, 0.3) is 11.8 Å². The molecular weight excluding hydrogens is 414 g/mol. The van der Waals surface area contributed by atoms with Crippen LogP contribution in [-0.4, -0.2) is 38.4 Å². The number of nitrogens with one attached hydrogen (secondary N) is 1. The number of halogens is 1. The van der Waals surface area contributed by atoms with E-state index in [0.717, 1.165) is 0 Å². The van der Waals surface area contributed by atoms with Crippen LogP contribution in [0.25, 0.3) is 11.1 Å². The molecule has 1 N–H and O–H groups in total. The minimum Gasteiger partial charge on any atom is -0.423 e. The van der Waals surface area contributed by atoms with Crippen molar-refractivity contribution >= 4 is 57.0 Å². The third-order valence-corrected chi connectivity index (χ3v) is 5.59. The van der Waals surface area contributed by atoms with Crippen LogP contribution in [0.3, 0.4) is 0 Å². The van der Waals surface area contributed by atoms with Gasteiger partial charge in [-0.15, -0.1) is 10.2 Å². The molecule has 29 heavy (non-hydrogen) atoms. The van der Waals surface area contributed by atoms with Gasteiger partial charge in [0.2, 0.25) is 5.13 Å². The minimum absolute atomic E-state index is 0.238. The van der Waals surface area contributed by atoms with E-state index in [9.17, 15) is 9.59 Å². The first-order valence-corrected chi connectivity index (χ1v) is 9.88. The average molecular weight is 426 g/mol. The van der Waals surface area contributed by atoms with Gasteiger partial charge in [-0.05, 0) is 30.3 Å². The van der Waals surface area contributed by atoms with Crippen LogP contribution in [0.4, 0.5) is 11.1 Å². The van der Waals surface area contributed by atoms with Crippen molar-refractivity contribution in [3.63, 3.8) is 0 Å². The van der Waals surface area contributed by atoms with Gasteiger partial charge >= 0.3 is 6.01 Å². The molecule has 144 valence electrons. The highest BCUT2D eigenvalue weighted by atomic mass is 35.5. The van der Waals surface area contributed by atoms with Gasteiger partial charge in [0, 0.05) is 18.0 Å². The molecule has 10 heteroatoms. The van der Waals surface area contributed by atoms with E-state index < -0.39 is 0 Å². The number of hydrogen-bond donors (Lipinski definition) is 1. The van der Waals surface area contributed by atoms with Gasteiger partial charge in [0.05, 0.1) is 11.1 Å². The Labute approximate surface area is 173 Å². The Bertz CT molecular complexity index is 1230. The number of benzene rings is 2. The summed E-state index contributed by atoms with van der Waals surface area (Å²) in [5.41, 5.74) is 2.11. The van der Waals surface area contributed by atoms with Crippen molar-refractivity contribution in [3.05, 3.63) is 63.6 Å².